The summed E-state index contributed by atoms with van der Waals surface area (Å²) >= 11 is 6.77. The number of carbonyl (C=O) groups is 2. The van der Waals surface area contributed by atoms with Crippen LogP contribution in [0.5, 0.6) is 0 Å². The summed E-state index contributed by atoms with van der Waals surface area (Å²) in [5.41, 5.74) is 3.24. The number of nitrogens with zero attached hydrogens (tertiary/aromatic N) is 2. The number of rotatable bonds is 11. The molecule has 0 radical (unpaired) electrons. The number of aliphatic hydroxyl groups is 2. The van der Waals surface area contributed by atoms with Crippen molar-refractivity contribution in [1.29, 1.82) is 0 Å². The monoisotopic (exact) mass is 582 g/mol. The molecule has 0 bridgehead atoms. The number of hydrogen-bond donors (Lipinski definition) is 4. The molecule has 8 nitrogen and oxygen atoms in total. The molecule has 2 aromatic carbocycles. The minimum atomic E-state index is -4.64. The Morgan fingerprint density at radius 1 is 1.10 bits per heavy atom. The van der Waals surface area contributed by atoms with Crippen molar-refractivity contribution in [1.82, 2.24) is 10.3 Å². The highest BCUT2D eigenvalue weighted by atomic mass is 35.5. The van der Waals surface area contributed by atoms with E-state index in [1.165, 1.54) is 6.07 Å². The zero-order valence-corrected chi connectivity index (χ0v) is 22.3. The summed E-state index contributed by atoms with van der Waals surface area (Å²) in [7, 11) is 0. The summed E-state index contributed by atoms with van der Waals surface area (Å²) in [5.74, 6) is -1.10. The van der Waals surface area contributed by atoms with Gasteiger partial charge in [0.25, 0.3) is 11.8 Å². The maximum Gasteiger partial charge on any atom is 0.417 e. The first kappa shape index (κ1) is 30.3. The predicted molar refractivity (Wildman–Crippen MR) is 144 cm³/mol. The molecule has 0 aliphatic heterocycles. The molecular weight excluding hydrogens is 557 g/mol. The number of hydrogen-bond acceptors (Lipinski definition) is 7. The molecule has 1 aromatic heterocycles. The van der Waals surface area contributed by atoms with E-state index in [2.05, 4.69) is 15.8 Å². The van der Waals surface area contributed by atoms with E-state index < -0.39 is 28.6 Å². The second-order valence-electron chi connectivity index (χ2n) is 8.44. The molecule has 2 amide bonds. The smallest absolute Gasteiger partial charge is 0.395 e. The molecular formula is C26H26ClF3N4O4S. The number of carbonyl (C=O) groups excluding carboxylic acids is 2. The van der Waals surface area contributed by atoms with Gasteiger partial charge in [0, 0.05) is 25.2 Å². The quantitative estimate of drug-likeness (QED) is 0.196. The van der Waals surface area contributed by atoms with Crippen LogP contribution in [0.25, 0.3) is 0 Å². The van der Waals surface area contributed by atoms with Crippen molar-refractivity contribution in [3.05, 3.63) is 86.2 Å². The number of hydrazone groups is 1. The number of aryl methyl sites for hydroxylation is 1. The minimum absolute atomic E-state index is 0.0684. The van der Waals surface area contributed by atoms with Crippen molar-refractivity contribution < 1.29 is 33.0 Å². The van der Waals surface area contributed by atoms with Crippen LogP contribution in [0.2, 0.25) is 5.02 Å². The molecule has 0 saturated carbocycles. The highest BCUT2D eigenvalue weighted by Gasteiger charge is 2.33. The van der Waals surface area contributed by atoms with Crippen molar-refractivity contribution in [3.8, 4) is 0 Å². The first-order valence-corrected chi connectivity index (χ1v) is 12.9. The lowest BCUT2D eigenvalue weighted by Crippen LogP contribution is -2.29. The van der Waals surface area contributed by atoms with E-state index in [-0.39, 0.29) is 29.3 Å². The number of aliphatic hydroxyl groups excluding tert-OH is 2. The molecule has 3 aromatic rings. The van der Waals surface area contributed by atoms with E-state index in [9.17, 15) is 33.0 Å². The molecule has 208 valence electrons. The maximum absolute atomic E-state index is 13.1. The third kappa shape index (κ3) is 8.35. The molecule has 13 heteroatoms. The lowest BCUT2D eigenvalue weighted by Gasteiger charge is -2.20. The van der Waals surface area contributed by atoms with Gasteiger partial charge in [0.15, 0.2) is 0 Å². The van der Waals surface area contributed by atoms with Gasteiger partial charge in [-0.1, -0.05) is 29.8 Å². The van der Waals surface area contributed by atoms with E-state index in [4.69, 9.17) is 11.6 Å². The number of halogens is 4. The van der Waals surface area contributed by atoms with Crippen molar-refractivity contribution in [3.63, 3.8) is 0 Å². The van der Waals surface area contributed by atoms with E-state index in [0.29, 0.717) is 30.8 Å². The average Bonchev–Trinajstić information content (AvgIpc) is 3.24. The van der Waals surface area contributed by atoms with Crippen LogP contribution in [0.1, 0.15) is 43.0 Å². The van der Waals surface area contributed by atoms with Crippen molar-refractivity contribution in [2.45, 2.75) is 19.6 Å². The first-order chi connectivity index (χ1) is 18.5. The topological polar surface area (TPSA) is 114 Å². The molecule has 3 rings (SSSR count). The standard InChI is InChI=1S/C26H26ClF3N4O4S/c1-16-15-39-25(32-23(37)19-4-2-3-18(11-19)14-34(7-9-35)8-10-36)22(16)24(38)33-31-13-17-5-6-21(27)20(12-17)26(28,29)30/h2-6,11-13,15,35-36H,7-10,14H2,1H3,(H,32,37)(H,33,38)/b31-13+. The highest BCUT2D eigenvalue weighted by molar-refractivity contribution is 7.15. The van der Waals surface area contributed by atoms with Crippen LogP contribution in [-0.2, 0) is 12.7 Å². The zero-order chi connectivity index (χ0) is 28.6. The highest BCUT2D eigenvalue weighted by Crippen LogP contribution is 2.35. The van der Waals surface area contributed by atoms with Gasteiger partial charge in [-0.3, -0.25) is 14.5 Å². The maximum atomic E-state index is 13.1. The second kappa shape index (κ2) is 13.7. The van der Waals surface area contributed by atoms with Gasteiger partial charge in [0.05, 0.1) is 35.6 Å². The van der Waals surface area contributed by atoms with E-state index in [0.717, 1.165) is 35.2 Å². The zero-order valence-electron chi connectivity index (χ0n) is 20.8. The Kier molecular flexibility index (Phi) is 10.6. The molecule has 39 heavy (non-hydrogen) atoms. The van der Waals surface area contributed by atoms with Crippen LogP contribution in [0, 0.1) is 6.92 Å². The number of thiophene rings is 1. The first-order valence-electron chi connectivity index (χ1n) is 11.7. The average molecular weight is 583 g/mol. The number of alkyl halides is 3. The predicted octanol–water partition coefficient (Wildman–Crippen LogP) is 4.53. The lowest BCUT2D eigenvalue weighted by molar-refractivity contribution is -0.137. The fraction of sp³-hybridized carbons (Fsp3) is 0.269. The number of amides is 2. The molecule has 0 aliphatic rings. The summed E-state index contributed by atoms with van der Waals surface area (Å²) in [5, 5.41) is 26.4. The Morgan fingerprint density at radius 2 is 1.82 bits per heavy atom. The normalized spacial score (nSPS) is 11.8. The molecule has 0 spiro atoms. The summed E-state index contributed by atoms with van der Waals surface area (Å²) in [6.07, 6.45) is -3.57. The van der Waals surface area contributed by atoms with Gasteiger partial charge in [-0.05, 0) is 53.3 Å². The Hall–Kier alpha value is -3.29. The van der Waals surface area contributed by atoms with Gasteiger partial charge in [-0.25, -0.2) is 5.43 Å². The molecule has 0 saturated heterocycles. The van der Waals surface area contributed by atoms with Crippen LogP contribution in [0.3, 0.4) is 0 Å². The number of nitrogens with one attached hydrogen (secondary N) is 2. The van der Waals surface area contributed by atoms with E-state index in [1.807, 2.05) is 11.0 Å². The Balaban J connectivity index is 1.70. The lowest BCUT2D eigenvalue weighted by atomic mass is 10.1. The largest absolute Gasteiger partial charge is 0.417 e. The summed E-state index contributed by atoms with van der Waals surface area (Å²) in [4.78, 5) is 27.6. The fourth-order valence-electron chi connectivity index (χ4n) is 3.68. The van der Waals surface area contributed by atoms with Crippen molar-refractivity contribution in [2.24, 2.45) is 5.10 Å². The van der Waals surface area contributed by atoms with Crippen molar-refractivity contribution in [2.75, 3.05) is 31.6 Å². The van der Waals surface area contributed by atoms with Crippen LogP contribution in [-0.4, -0.2) is 59.4 Å². The van der Waals surface area contributed by atoms with Gasteiger partial charge >= 0.3 is 6.18 Å². The van der Waals surface area contributed by atoms with E-state index >= 15 is 0 Å². The Morgan fingerprint density at radius 3 is 2.49 bits per heavy atom. The number of benzene rings is 2. The Labute approximate surface area is 231 Å². The van der Waals surface area contributed by atoms with Gasteiger partial charge in [-0.2, -0.15) is 18.3 Å². The molecule has 0 aliphatic carbocycles. The van der Waals surface area contributed by atoms with Crippen LogP contribution < -0.4 is 10.7 Å². The van der Waals surface area contributed by atoms with Gasteiger partial charge in [0.2, 0.25) is 0 Å². The van der Waals surface area contributed by atoms with Gasteiger partial charge in [0.1, 0.15) is 5.00 Å². The molecule has 4 N–H and O–H groups in total. The fourth-order valence-corrected chi connectivity index (χ4v) is 4.84. The van der Waals surface area contributed by atoms with Crippen LogP contribution >= 0.6 is 22.9 Å². The Bertz CT molecular complexity index is 1340. The minimum Gasteiger partial charge on any atom is -0.395 e. The third-order valence-electron chi connectivity index (χ3n) is 5.53. The number of anilines is 1. The SMILES string of the molecule is Cc1csc(NC(=O)c2cccc(CN(CCO)CCO)c2)c1C(=O)N/N=C/c1ccc(Cl)c(C(F)(F)F)c1. The molecule has 0 unspecified atom stereocenters. The van der Waals surface area contributed by atoms with Crippen LogP contribution in [0.4, 0.5) is 18.2 Å². The molecule has 0 atom stereocenters. The summed E-state index contributed by atoms with van der Waals surface area (Å²) < 4.78 is 39.2. The van der Waals surface area contributed by atoms with Gasteiger partial charge in [-0.15, -0.1) is 11.3 Å². The summed E-state index contributed by atoms with van der Waals surface area (Å²) in [6, 6.07) is 10.1. The molecule has 0 fully saturated rings. The third-order valence-corrected chi connectivity index (χ3v) is 6.88. The van der Waals surface area contributed by atoms with Crippen molar-refractivity contribution >= 4 is 46.0 Å². The van der Waals surface area contributed by atoms with Gasteiger partial charge < -0.3 is 15.5 Å². The summed E-state index contributed by atoms with van der Waals surface area (Å²) in [6.45, 7) is 2.70. The molecule has 1 heterocycles. The van der Waals surface area contributed by atoms with E-state index in [1.54, 1.807) is 30.5 Å². The second-order valence-corrected chi connectivity index (χ2v) is 9.72. The van der Waals surface area contributed by atoms with Crippen LogP contribution in [0.15, 0.2) is 52.9 Å².